The molecule has 3 aromatic rings. The lowest BCUT2D eigenvalue weighted by molar-refractivity contribution is 0.518. The van der Waals surface area contributed by atoms with Gasteiger partial charge in [-0.15, -0.1) is 0 Å². The SMILES string of the molecule is O=c1oc(-c2ccncc2)nc2ccc(Br)cc12. The van der Waals surface area contributed by atoms with Gasteiger partial charge in [-0.3, -0.25) is 4.98 Å². The Balaban J connectivity index is 2.29. The van der Waals surface area contributed by atoms with Gasteiger partial charge in [0.25, 0.3) is 0 Å². The van der Waals surface area contributed by atoms with Crippen LogP contribution in [0.1, 0.15) is 0 Å². The summed E-state index contributed by atoms with van der Waals surface area (Å²) in [5.41, 5.74) is 0.946. The maximum absolute atomic E-state index is 11.9. The monoisotopic (exact) mass is 302 g/mol. The van der Waals surface area contributed by atoms with Crippen LogP contribution >= 0.6 is 15.9 Å². The van der Waals surface area contributed by atoms with E-state index in [1.54, 1.807) is 36.7 Å². The van der Waals surface area contributed by atoms with Gasteiger partial charge in [0.2, 0.25) is 5.89 Å². The number of halogens is 1. The predicted molar refractivity (Wildman–Crippen MR) is 71.2 cm³/mol. The second-order valence-corrected chi connectivity index (χ2v) is 4.62. The highest BCUT2D eigenvalue weighted by molar-refractivity contribution is 9.10. The molecular weight excluding hydrogens is 296 g/mol. The Morgan fingerprint density at radius 3 is 2.67 bits per heavy atom. The highest BCUT2D eigenvalue weighted by Crippen LogP contribution is 2.20. The lowest BCUT2D eigenvalue weighted by atomic mass is 10.2. The van der Waals surface area contributed by atoms with Gasteiger partial charge in [-0.1, -0.05) is 15.9 Å². The zero-order valence-electron chi connectivity index (χ0n) is 9.13. The van der Waals surface area contributed by atoms with Crippen molar-refractivity contribution in [3.63, 3.8) is 0 Å². The van der Waals surface area contributed by atoms with Crippen molar-refractivity contribution in [2.24, 2.45) is 0 Å². The molecule has 2 aromatic heterocycles. The van der Waals surface area contributed by atoms with Gasteiger partial charge in [-0.05, 0) is 30.3 Å². The van der Waals surface area contributed by atoms with Gasteiger partial charge in [0, 0.05) is 22.4 Å². The van der Waals surface area contributed by atoms with E-state index in [1.165, 1.54) is 0 Å². The lowest BCUT2D eigenvalue weighted by Crippen LogP contribution is -2.02. The summed E-state index contributed by atoms with van der Waals surface area (Å²) in [5.74, 6) is 0.303. The highest BCUT2D eigenvalue weighted by atomic mass is 79.9. The van der Waals surface area contributed by atoms with Gasteiger partial charge >= 0.3 is 5.63 Å². The number of aromatic nitrogens is 2. The van der Waals surface area contributed by atoms with E-state index in [0.29, 0.717) is 16.8 Å². The summed E-state index contributed by atoms with van der Waals surface area (Å²) in [7, 11) is 0. The van der Waals surface area contributed by atoms with Crippen LogP contribution in [-0.2, 0) is 0 Å². The molecule has 0 fully saturated rings. The van der Waals surface area contributed by atoms with Gasteiger partial charge in [-0.2, -0.15) is 0 Å². The number of pyridine rings is 1. The van der Waals surface area contributed by atoms with Crippen LogP contribution < -0.4 is 5.63 Å². The topological polar surface area (TPSA) is 56.0 Å². The maximum atomic E-state index is 11.9. The Kier molecular flexibility index (Phi) is 2.68. The second-order valence-electron chi connectivity index (χ2n) is 3.70. The van der Waals surface area contributed by atoms with E-state index < -0.39 is 5.63 Å². The summed E-state index contributed by atoms with van der Waals surface area (Å²) in [6.07, 6.45) is 3.26. The van der Waals surface area contributed by atoms with E-state index in [9.17, 15) is 4.79 Å². The molecule has 0 spiro atoms. The molecule has 0 aliphatic heterocycles. The summed E-state index contributed by atoms with van der Waals surface area (Å²) < 4.78 is 6.04. The number of hydrogen-bond donors (Lipinski definition) is 0. The third kappa shape index (κ3) is 1.93. The summed E-state index contributed by atoms with van der Waals surface area (Å²) >= 11 is 3.31. The molecule has 18 heavy (non-hydrogen) atoms. The van der Waals surface area contributed by atoms with Crippen molar-refractivity contribution in [1.82, 2.24) is 9.97 Å². The van der Waals surface area contributed by atoms with Crippen molar-refractivity contribution in [1.29, 1.82) is 0 Å². The molecule has 0 bridgehead atoms. The largest absolute Gasteiger partial charge is 0.403 e. The minimum absolute atomic E-state index is 0.303. The Morgan fingerprint density at radius 1 is 1.11 bits per heavy atom. The molecule has 4 nitrogen and oxygen atoms in total. The summed E-state index contributed by atoms with van der Waals surface area (Å²) in [4.78, 5) is 20.1. The van der Waals surface area contributed by atoms with E-state index >= 15 is 0 Å². The van der Waals surface area contributed by atoms with Gasteiger partial charge < -0.3 is 4.42 Å². The van der Waals surface area contributed by atoms with Crippen molar-refractivity contribution in [2.75, 3.05) is 0 Å². The normalized spacial score (nSPS) is 10.7. The van der Waals surface area contributed by atoms with Crippen molar-refractivity contribution in [3.05, 3.63) is 57.6 Å². The Morgan fingerprint density at radius 2 is 1.89 bits per heavy atom. The third-order valence-corrected chi connectivity index (χ3v) is 3.01. The molecule has 0 amide bonds. The zero-order chi connectivity index (χ0) is 12.5. The van der Waals surface area contributed by atoms with Crippen LogP contribution in [-0.4, -0.2) is 9.97 Å². The Hall–Kier alpha value is -2.01. The maximum Gasteiger partial charge on any atom is 0.347 e. The molecule has 0 atom stereocenters. The molecule has 0 saturated carbocycles. The van der Waals surface area contributed by atoms with Crippen molar-refractivity contribution < 1.29 is 4.42 Å². The molecule has 0 unspecified atom stereocenters. The first-order valence-corrected chi connectivity index (χ1v) is 6.04. The first-order valence-electron chi connectivity index (χ1n) is 5.25. The molecule has 0 N–H and O–H groups in total. The first kappa shape index (κ1) is 11.1. The lowest BCUT2D eigenvalue weighted by Gasteiger charge is -2.01. The number of nitrogens with zero attached hydrogens (tertiary/aromatic N) is 2. The van der Waals surface area contributed by atoms with E-state index in [4.69, 9.17) is 4.42 Å². The fourth-order valence-electron chi connectivity index (χ4n) is 1.66. The molecule has 0 radical (unpaired) electrons. The van der Waals surface area contributed by atoms with E-state index in [-0.39, 0.29) is 0 Å². The number of rotatable bonds is 1. The van der Waals surface area contributed by atoms with Crippen molar-refractivity contribution >= 4 is 26.8 Å². The minimum Gasteiger partial charge on any atom is -0.403 e. The van der Waals surface area contributed by atoms with Crippen LogP contribution in [0.3, 0.4) is 0 Å². The molecule has 3 rings (SSSR count). The Labute approximate surface area is 110 Å². The molecule has 0 aliphatic rings. The number of fused-ring (bicyclic) bond motifs is 1. The first-order chi connectivity index (χ1) is 8.74. The molecule has 1 aromatic carbocycles. The molecule has 0 aliphatic carbocycles. The predicted octanol–water partition coefficient (Wildman–Crippen LogP) is 3.01. The molecule has 2 heterocycles. The van der Waals surface area contributed by atoms with E-state index in [2.05, 4.69) is 25.9 Å². The van der Waals surface area contributed by atoms with Crippen LogP contribution in [0.4, 0.5) is 0 Å². The fourth-order valence-corrected chi connectivity index (χ4v) is 2.02. The highest BCUT2D eigenvalue weighted by Gasteiger charge is 2.08. The second kappa shape index (κ2) is 4.34. The summed E-state index contributed by atoms with van der Waals surface area (Å²) in [5, 5.41) is 0.460. The minimum atomic E-state index is -0.395. The average Bonchev–Trinajstić information content (AvgIpc) is 2.40. The standard InChI is InChI=1S/C13H7BrN2O2/c14-9-1-2-11-10(7-9)13(17)18-12(16-11)8-3-5-15-6-4-8/h1-7H. The van der Waals surface area contributed by atoms with Crippen molar-refractivity contribution in [2.45, 2.75) is 0 Å². The van der Waals surface area contributed by atoms with Crippen LogP contribution in [0.15, 0.2) is 56.4 Å². The molecule has 88 valence electrons. The van der Waals surface area contributed by atoms with Crippen LogP contribution in [0, 0.1) is 0 Å². The molecular formula is C13H7BrN2O2. The van der Waals surface area contributed by atoms with Gasteiger partial charge in [0.1, 0.15) is 0 Å². The van der Waals surface area contributed by atoms with Crippen molar-refractivity contribution in [3.8, 4) is 11.5 Å². The van der Waals surface area contributed by atoms with E-state index in [0.717, 1.165) is 10.0 Å². The number of hydrogen-bond acceptors (Lipinski definition) is 4. The number of benzene rings is 1. The quantitative estimate of drug-likeness (QED) is 0.693. The third-order valence-electron chi connectivity index (χ3n) is 2.52. The van der Waals surface area contributed by atoms with Crippen LogP contribution in [0.2, 0.25) is 0 Å². The fraction of sp³-hybridized carbons (Fsp3) is 0. The van der Waals surface area contributed by atoms with Gasteiger partial charge in [0.05, 0.1) is 10.9 Å². The molecule has 5 heteroatoms. The van der Waals surface area contributed by atoms with Gasteiger partial charge in [0.15, 0.2) is 0 Å². The Bertz CT molecular complexity index is 769. The molecule has 0 saturated heterocycles. The zero-order valence-corrected chi connectivity index (χ0v) is 10.7. The van der Waals surface area contributed by atoms with Crippen LogP contribution in [0.5, 0.6) is 0 Å². The summed E-state index contributed by atoms with van der Waals surface area (Å²) in [6, 6.07) is 8.81. The van der Waals surface area contributed by atoms with Gasteiger partial charge in [-0.25, -0.2) is 9.78 Å². The average molecular weight is 303 g/mol. The smallest absolute Gasteiger partial charge is 0.347 e. The van der Waals surface area contributed by atoms with E-state index in [1.807, 2.05) is 6.07 Å². The van der Waals surface area contributed by atoms with Crippen LogP contribution in [0.25, 0.3) is 22.4 Å². The summed E-state index contributed by atoms with van der Waals surface area (Å²) in [6.45, 7) is 0.